The number of halogens is 2. The fourth-order valence-electron chi connectivity index (χ4n) is 3.47. The van der Waals surface area contributed by atoms with Gasteiger partial charge in [-0.15, -0.1) is 0 Å². The predicted octanol–water partition coefficient (Wildman–Crippen LogP) is 3.99. The van der Waals surface area contributed by atoms with Gasteiger partial charge in [-0.25, -0.2) is 4.79 Å². The first-order valence-corrected chi connectivity index (χ1v) is 8.55. The van der Waals surface area contributed by atoms with Crippen molar-refractivity contribution in [3.05, 3.63) is 28.2 Å². The van der Waals surface area contributed by atoms with Crippen molar-refractivity contribution in [2.24, 2.45) is 5.41 Å². The van der Waals surface area contributed by atoms with Gasteiger partial charge in [0.25, 0.3) is 0 Å². The van der Waals surface area contributed by atoms with Crippen molar-refractivity contribution in [3.8, 4) is 0 Å². The maximum Gasteiger partial charge on any atom is 0.321 e. The molecule has 2 aliphatic heterocycles. The normalized spacial score (nSPS) is 20.9. The summed E-state index contributed by atoms with van der Waals surface area (Å²) in [6, 6.07) is 5.01. The molecule has 2 heterocycles. The maximum absolute atomic E-state index is 12.4. The number of urea groups is 1. The minimum absolute atomic E-state index is 0.0675. The van der Waals surface area contributed by atoms with Crippen LogP contribution in [0.4, 0.5) is 10.5 Å². The minimum atomic E-state index is -0.0675. The second kappa shape index (κ2) is 6.65. The summed E-state index contributed by atoms with van der Waals surface area (Å²) in [6.45, 7) is 3.85. The highest BCUT2D eigenvalue weighted by molar-refractivity contribution is 6.35. The number of anilines is 1. The van der Waals surface area contributed by atoms with Gasteiger partial charge in [0.05, 0.1) is 0 Å². The maximum atomic E-state index is 12.4. The standard InChI is InChI=1S/C16H21Cl2N3O/c17-12-9-13(18)11-14(10-12)20-15(22)21-7-3-16(4-8-21)1-5-19-6-2-16/h9-11,19H,1-8H2,(H,20,22). The second-order valence-corrected chi connectivity index (χ2v) is 7.20. The summed E-state index contributed by atoms with van der Waals surface area (Å²) in [5.74, 6) is 0. The number of likely N-dealkylation sites (tertiary alicyclic amines) is 1. The summed E-state index contributed by atoms with van der Waals surface area (Å²) in [6.07, 6.45) is 4.65. The van der Waals surface area contributed by atoms with E-state index in [-0.39, 0.29) is 6.03 Å². The zero-order valence-corrected chi connectivity index (χ0v) is 14.0. The Bertz CT molecular complexity index is 528. The number of hydrogen-bond donors (Lipinski definition) is 2. The van der Waals surface area contributed by atoms with Crippen LogP contribution in [0.2, 0.25) is 10.0 Å². The van der Waals surface area contributed by atoms with E-state index in [1.165, 1.54) is 12.8 Å². The molecule has 2 amide bonds. The van der Waals surface area contributed by atoms with E-state index < -0.39 is 0 Å². The SMILES string of the molecule is O=C(Nc1cc(Cl)cc(Cl)c1)N1CCC2(CCNCC2)CC1. The number of nitrogens with one attached hydrogen (secondary N) is 2. The number of nitrogens with zero attached hydrogens (tertiary/aromatic N) is 1. The Labute approximate surface area is 141 Å². The Morgan fingerprint density at radius 3 is 2.23 bits per heavy atom. The lowest BCUT2D eigenvalue weighted by Gasteiger charge is -2.44. The number of piperidine rings is 2. The Balaban J connectivity index is 1.57. The zero-order chi connectivity index (χ0) is 15.6. The first-order chi connectivity index (χ1) is 10.6. The molecular formula is C16H21Cl2N3O. The highest BCUT2D eigenvalue weighted by Gasteiger charge is 2.36. The van der Waals surface area contributed by atoms with Crippen molar-refractivity contribution < 1.29 is 4.79 Å². The number of rotatable bonds is 1. The van der Waals surface area contributed by atoms with Crippen LogP contribution in [0.15, 0.2) is 18.2 Å². The lowest BCUT2D eigenvalue weighted by molar-refractivity contribution is 0.0915. The van der Waals surface area contributed by atoms with Crippen LogP contribution in [0.25, 0.3) is 0 Å². The molecule has 0 radical (unpaired) electrons. The van der Waals surface area contributed by atoms with Gasteiger partial charge >= 0.3 is 6.03 Å². The molecule has 120 valence electrons. The summed E-state index contributed by atoms with van der Waals surface area (Å²) in [7, 11) is 0. The summed E-state index contributed by atoms with van der Waals surface area (Å²) in [4.78, 5) is 14.3. The molecule has 2 aliphatic rings. The molecular weight excluding hydrogens is 321 g/mol. The monoisotopic (exact) mass is 341 g/mol. The molecule has 0 aliphatic carbocycles. The van der Waals surface area contributed by atoms with Crippen LogP contribution in [0.5, 0.6) is 0 Å². The smallest absolute Gasteiger partial charge is 0.321 e. The molecule has 0 unspecified atom stereocenters. The molecule has 6 heteroatoms. The van der Waals surface area contributed by atoms with Crippen LogP contribution in [0.1, 0.15) is 25.7 Å². The number of carbonyl (C=O) groups is 1. The fraction of sp³-hybridized carbons (Fsp3) is 0.562. The van der Waals surface area contributed by atoms with E-state index in [4.69, 9.17) is 23.2 Å². The fourth-order valence-corrected chi connectivity index (χ4v) is 4.00. The van der Waals surface area contributed by atoms with Crippen molar-refractivity contribution in [2.75, 3.05) is 31.5 Å². The van der Waals surface area contributed by atoms with Crippen molar-refractivity contribution in [2.45, 2.75) is 25.7 Å². The van der Waals surface area contributed by atoms with E-state index in [1.54, 1.807) is 18.2 Å². The molecule has 1 aromatic carbocycles. The molecule has 0 bridgehead atoms. The van der Waals surface area contributed by atoms with Crippen molar-refractivity contribution in [3.63, 3.8) is 0 Å². The number of benzene rings is 1. The Kier molecular flexibility index (Phi) is 4.81. The topological polar surface area (TPSA) is 44.4 Å². The van der Waals surface area contributed by atoms with E-state index in [2.05, 4.69) is 10.6 Å². The molecule has 2 N–H and O–H groups in total. The van der Waals surface area contributed by atoms with E-state index in [0.717, 1.165) is 39.0 Å². The average Bonchev–Trinajstić information content (AvgIpc) is 2.47. The van der Waals surface area contributed by atoms with Crippen LogP contribution in [0, 0.1) is 5.41 Å². The third-order valence-electron chi connectivity index (χ3n) is 4.89. The summed E-state index contributed by atoms with van der Waals surface area (Å²) < 4.78 is 0. The summed E-state index contributed by atoms with van der Waals surface area (Å²) in [5, 5.41) is 7.35. The Hall–Kier alpha value is -0.970. The summed E-state index contributed by atoms with van der Waals surface area (Å²) in [5.41, 5.74) is 1.09. The second-order valence-electron chi connectivity index (χ2n) is 6.33. The predicted molar refractivity (Wildman–Crippen MR) is 90.8 cm³/mol. The quantitative estimate of drug-likeness (QED) is 0.810. The van der Waals surface area contributed by atoms with E-state index >= 15 is 0 Å². The largest absolute Gasteiger partial charge is 0.324 e. The van der Waals surface area contributed by atoms with Gasteiger partial charge in [-0.1, -0.05) is 23.2 Å². The Morgan fingerprint density at radius 1 is 1.05 bits per heavy atom. The van der Waals surface area contributed by atoms with Crippen LogP contribution >= 0.6 is 23.2 Å². The number of hydrogen-bond acceptors (Lipinski definition) is 2. The van der Waals surface area contributed by atoms with E-state index in [1.807, 2.05) is 4.90 Å². The molecule has 1 spiro atoms. The lowest BCUT2D eigenvalue weighted by atomic mass is 9.72. The van der Waals surface area contributed by atoms with Gasteiger partial charge in [0.2, 0.25) is 0 Å². The van der Waals surface area contributed by atoms with Gasteiger partial charge in [0.1, 0.15) is 0 Å². The van der Waals surface area contributed by atoms with Crippen LogP contribution in [-0.2, 0) is 0 Å². The third kappa shape index (κ3) is 3.67. The molecule has 2 saturated heterocycles. The molecule has 0 aromatic heterocycles. The molecule has 3 rings (SSSR count). The van der Waals surface area contributed by atoms with Crippen molar-refractivity contribution >= 4 is 34.9 Å². The van der Waals surface area contributed by atoms with Crippen molar-refractivity contribution in [1.82, 2.24) is 10.2 Å². The average molecular weight is 342 g/mol. The zero-order valence-electron chi connectivity index (χ0n) is 12.5. The number of amides is 2. The van der Waals surface area contributed by atoms with E-state index in [9.17, 15) is 4.79 Å². The van der Waals surface area contributed by atoms with Gasteiger partial charge in [0.15, 0.2) is 0 Å². The van der Waals surface area contributed by atoms with E-state index in [0.29, 0.717) is 21.1 Å². The van der Waals surface area contributed by atoms with Crippen LogP contribution in [0.3, 0.4) is 0 Å². The van der Waals surface area contributed by atoms with Gasteiger partial charge < -0.3 is 15.5 Å². The van der Waals surface area contributed by atoms with Crippen LogP contribution in [-0.4, -0.2) is 37.1 Å². The highest BCUT2D eigenvalue weighted by atomic mass is 35.5. The van der Waals surface area contributed by atoms with Gasteiger partial charge in [-0.2, -0.15) is 0 Å². The third-order valence-corrected chi connectivity index (χ3v) is 5.33. The van der Waals surface area contributed by atoms with Gasteiger partial charge in [0, 0.05) is 28.8 Å². The number of carbonyl (C=O) groups excluding carboxylic acids is 1. The molecule has 0 atom stereocenters. The Morgan fingerprint density at radius 2 is 1.64 bits per heavy atom. The molecule has 1 aromatic rings. The van der Waals surface area contributed by atoms with Crippen molar-refractivity contribution in [1.29, 1.82) is 0 Å². The van der Waals surface area contributed by atoms with Gasteiger partial charge in [-0.3, -0.25) is 0 Å². The first-order valence-electron chi connectivity index (χ1n) is 7.79. The summed E-state index contributed by atoms with van der Waals surface area (Å²) >= 11 is 11.9. The van der Waals surface area contributed by atoms with Crippen LogP contribution < -0.4 is 10.6 Å². The first kappa shape index (κ1) is 15.9. The molecule has 2 fully saturated rings. The minimum Gasteiger partial charge on any atom is -0.324 e. The molecule has 22 heavy (non-hydrogen) atoms. The highest BCUT2D eigenvalue weighted by Crippen LogP contribution is 2.39. The lowest BCUT2D eigenvalue weighted by Crippen LogP contribution is -2.48. The van der Waals surface area contributed by atoms with Gasteiger partial charge in [-0.05, 0) is 62.4 Å². The molecule has 0 saturated carbocycles. The molecule has 4 nitrogen and oxygen atoms in total.